The molecular formula is C21H27FIN5. The first-order valence-electron chi connectivity index (χ1n) is 9.03. The zero-order chi connectivity index (χ0) is 19.2. The molecule has 3 N–H and O–H groups in total. The molecule has 0 aliphatic heterocycles. The Balaban J connectivity index is 0.00000280. The number of hydrogen-bond acceptors (Lipinski definition) is 2. The molecule has 0 spiro atoms. The number of nitrogens with zero attached hydrogens (tertiary/aromatic N) is 2. The highest BCUT2D eigenvalue weighted by Crippen LogP contribution is 2.19. The summed E-state index contributed by atoms with van der Waals surface area (Å²) >= 11 is 0. The quantitative estimate of drug-likeness (QED) is 0.276. The second-order valence-electron chi connectivity index (χ2n) is 6.67. The number of hydrogen-bond donors (Lipinski definition) is 3. The van der Waals surface area contributed by atoms with Gasteiger partial charge in [-0.3, -0.25) is 4.99 Å². The lowest BCUT2D eigenvalue weighted by atomic mass is 10.1. The van der Waals surface area contributed by atoms with Gasteiger partial charge in [0.2, 0.25) is 0 Å². The lowest BCUT2D eigenvalue weighted by Gasteiger charge is -2.14. The Morgan fingerprint density at radius 2 is 1.86 bits per heavy atom. The topological polar surface area (TPSA) is 55.5 Å². The number of aliphatic imine (C=N–C) groups is 1. The molecule has 1 heterocycles. The van der Waals surface area contributed by atoms with Crippen molar-refractivity contribution in [2.45, 2.75) is 13.0 Å². The van der Waals surface area contributed by atoms with Crippen LogP contribution in [0.4, 0.5) is 10.1 Å². The maximum atomic E-state index is 13.5. The summed E-state index contributed by atoms with van der Waals surface area (Å²) in [4.78, 5) is 9.52. The zero-order valence-electron chi connectivity index (χ0n) is 16.4. The van der Waals surface area contributed by atoms with Crippen LogP contribution >= 0.6 is 24.0 Å². The summed E-state index contributed by atoms with van der Waals surface area (Å²) in [6.07, 6.45) is 2.72. The smallest absolute Gasteiger partial charge is 0.191 e. The summed E-state index contributed by atoms with van der Waals surface area (Å²) < 4.78 is 13.5. The average Bonchev–Trinajstić information content (AvgIpc) is 3.07. The minimum atomic E-state index is -0.214. The Kier molecular flexibility index (Phi) is 8.10. The molecule has 3 rings (SSSR count). The van der Waals surface area contributed by atoms with E-state index in [4.69, 9.17) is 0 Å². The van der Waals surface area contributed by atoms with Crippen LogP contribution in [0, 0.1) is 5.82 Å². The van der Waals surface area contributed by atoms with Crippen molar-refractivity contribution < 1.29 is 4.39 Å². The number of benzene rings is 2. The van der Waals surface area contributed by atoms with Gasteiger partial charge in [-0.05, 0) is 47.9 Å². The second-order valence-corrected chi connectivity index (χ2v) is 6.67. The lowest BCUT2D eigenvalue weighted by molar-refractivity contribution is 0.629. The van der Waals surface area contributed by atoms with Gasteiger partial charge in [0.15, 0.2) is 5.96 Å². The van der Waals surface area contributed by atoms with Gasteiger partial charge in [-0.1, -0.05) is 12.1 Å². The highest BCUT2D eigenvalue weighted by molar-refractivity contribution is 14.0. The van der Waals surface area contributed by atoms with Crippen LogP contribution in [0.3, 0.4) is 0 Å². The van der Waals surface area contributed by atoms with Gasteiger partial charge >= 0.3 is 0 Å². The van der Waals surface area contributed by atoms with Gasteiger partial charge in [0.05, 0.1) is 0 Å². The Morgan fingerprint density at radius 3 is 2.54 bits per heavy atom. The van der Waals surface area contributed by atoms with E-state index in [0.717, 1.165) is 28.8 Å². The van der Waals surface area contributed by atoms with Crippen molar-refractivity contribution in [1.29, 1.82) is 0 Å². The van der Waals surface area contributed by atoms with Crippen molar-refractivity contribution >= 4 is 46.5 Å². The largest absolute Gasteiger partial charge is 0.378 e. The first kappa shape index (κ1) is 22.0. The van der Waals surface area contributed by atoms with Gasteiger partial charge in [-0.15, -0.1) is 24.0 Å². The van der Waals surface area contributed by atoms with E-state index in [1.165, 1.54) is 17.3 Å². The van der Waals surface area contributed by atoms with Gasteiger partial charge < -0.3 is 20.5 Å². The van der Waals surface area contributed by atoms with Crippen molar-refractivity contribution in [3.05, 3.63) is 65.6 Å². The Hall–Kier alpha value is -2.29. The SMILES string of the molecule is CN=C(NCCc1c[nH]c2ccc(F)cc12)NCc1ccc(N(C)C)cc1.I. The predicted octanol–water partition coefficient (Wildman–Crippen LogP) is 3.90. The van der Waals surface area contributed by atoms with E-state index in [2.05, 4.69) is 49.8 Å². The monoisotopic (exact) mass is 495 g/mol. The van der Waals surface area contributed by atoms with Crippen molar-refractivity contribution in [3.8, 4) is 0 Å². The van der Waals surface area contributed by atoms with Crippen molar-refractivity contribution in [3.63, 3.8) is 0 Å². The minimum absolute atomic E-state index is 0. The third kappa shape index (κ3) is 5.60. The van der Waals surface area contributed by atoms with Gasteiger partial charge in [0, 0.05) is 57.0 Å². The lowest BCUT2D eigenvalue weighted by Crippen LogP contribution is -2.37. The number of rotatable bonds is 6. The molecule has 5 nitrogen and oxygen atoms in total. The molecule has 0 unspecified atom stereocenters. The van der Waals surface area contributed by atoms with Gasteiger partial charge in [0.1, 0.15) is 5.82 Å². The van der Waals surface area contributed by atoms with Crippen LogP contribution in [-0.4, -0.2) is 38.6 Å². The fourth-order valence-corrected chi connectivity index (χ4v) is 2.99. The molecule has 150 valence electrons. The van der Waals surface area contributed by atoms with E-state index < -0.39 is 0 Å². The number of guanidine groups is 1. The van der Waals surface area contributed by atoms with E-state index >= 15 is 0 Å². The molecule has 0 fully saturated rings. The number of aromatic nitrogens is 1. The molecule has 0 radical (unpaired) electrons. The highest BCUT2D eigenvalue weighted by atomic mass is 127. The van der Waals surface area contributed by atoms with Crippen molar-refractivity contribution in [2.75, 3.05) is 32.6 Å². The van der Waals surface area contributed by atoms with Crippen LogP contribution in [0.15, 0.2) is 53.7 Å². The fraction of sp³-hybridized carbons (Fsp3) is 0.286. The molecule has 0 amide bonds. The number of fused-ring (bicyclic) bond motifs is 1. The first-order valence-corrected chi connectivity index (χ1v) is 9.03. The zero-order valence-corrected chi connectivity index (χ0v) is 18.8. The number of aromatic amines is 1. The molecule has 0 atom stereocenters. The van der Waals surface area contributed by atoms with Gasteiger partial charge in [-0.2, -0.15) is 0 Å². The molecular weight excluding hydrogens is 468 g/mol. The highest BCUT2D eigenvalue weighted by Gasteiger charge is 2.05. The summed E-state index contributed by atoms with van der Waals surface area (Å²) in [5.41, 5.74) is 4.41. The van der Waals surface area contributed by atoms with E-state index in [1.807, 2.05) is 20.3 Å². The molecule has 7 heteroatoms. The van der Waals surface area contributed by atoms with E-state index in [0.29, 0.717) is 13.1 Å². The fourth-order valence-electron chi connectivity index (χ4n) is 2.99. The van der Waals surface area contributed by atoms with Gasteiger partial charge in [0.25, 0.3) is 0 Å². The predicted molar refractivity (Wildman–Crippen MR) is 126 cm³/mol. The molecule has 3 aromatic rings. The summed E-state index contributed by atoms with van der Waals surface area (Å²) in [5, 5.41) is 7.56. The van der Waals surface area contributed by atoms with E-state index in [-0.39, 0.29) is 29.8 Å². The average molecular weight is 495 g/mol. The van der Waals surface area contributed by atoms with E-state index in [1.54, 1.807) is 19.2 Å². The van der Waals surface area contributed by atoms with Crippen LogP contribution in [0.2, 0.25) is 0 Å². The van der Waals surface area contributed by atoms with E-state index in [9.17, 15) is 4.39 Å². The third-order valence-electron chi connectivity index (χ3n) is 4.55. The first-order chi connectivity index (χ1) is 13.1. The second kappa shape index (κ2) is 10.3. The van der Waals surface area contributed by atoms with Crippen molar-refractivity contribution in [2.24, 2.45) is 4.99 Å². The number of halogens is 2. The maximum absolute atomic E-state index is 13.5. The summed E-state index contributed by atoms with van der Waals surface area (Å²) in [6.45, 7) is 1.41. The number of anilines is 1. The molecule has 0 saturated carbocycles. The molecule has 28 heavy (non-hydrogen) atoms. The molecule has 0 aliphatic rings. The van der Waals surface area contributed by atoms with Crippen LogP contribution in [0.1, 0.15) is 11.1 Å². The van der Waals surface area contributed by atoms with Crippen LogP contribution < -0.4 is 15.5 Å². The minimum Gasteiger partial charge on any atom is -0.378 e. The van der Waals surface area contributed by atoms with Crippen LogP contribution in [0.25, 0.3) is 10.9 Å². The molecule has 1 aromatic heterocycles. The normalized spacial score (nSPS) is 11.2. The Morgan fingerprint density at radius 1 is 1.11 bits per heavy atom. The summed E-state index contributed by atoms with van der Waals surface area (Å²) in [5.74, 6) is 0.534. The molecule has 0 aliphatic carbocycles. The molecule has 0 saturated heterocycles. The third-order valence-corrected chi connectivity index (χ3v) is 4.55. The van der Waals surface area contributed by atoms with Crippen LogP contribution in [-0.2, 0) is 13.0 Å². The van der Waals surface area contributed by atoms with Crippen molar-refractivity contribution in [1.82, 2.24) is 15.6 Å². The van der Waals surface area contributed by atoms with Crippen LogP contribution in [0.5, 0.6) is 0 Å². The standard InChI is InChI=1S/C21H26FN5.HI/c1-23-21(26-13-15-4-7-18(8-5-15)27(2)3)24-11-10-16-14-25-20-9-6-17(22)12-19(16)20;/h4-9,12,14,25H,10-11,13H2,1-3H3,(H2,23,24,26);1H. The Bertz CT molecular complexity index is 918. The molecule has 0 bridgehead atoms. The molecule has 2 aromatic carbocycles. The van der Waals surface area contributed by atoms with Gasteiger partial charge in [-0.25, -0.2) is 4.39 Å². The number of H-pyrrole nitrogens is 1. The Labute approximate surface area is 182 Å². The number of nitrogens with one attached hydrogen (secondary N) is 3. The summed E-state index contributed by atoms with van der Waals surface area (Å²) in [6, 6.07) is 13.2. The maximum Gasteiger partial charge on any atom is 0.191 e. The summed E-state index contributed by atoms with van der Waals surface area (Å²) in [7, 11) is 5.81.